The average Bonchev–Trinajstić information content (AvgIpc) is 2.63. The molecule has 0 aliphatic heterocycles. The molecule has 104 valence electrons. The van der Waals surface area contributed by atoms with Gasteiger partial charge in [-0.2, -0.15) is 0 Å². The van der Waals surface area contributed by atoms with Gasteiger partial charge in [-0.05, 0) is 42.4 Å². The highest BCUT2D eigenvalue weighted by Gasteiger charge is 2.31. The Kier molecular flexibility index (Phi) is 4.42. The van der Waals surface area contributed by atoms with E-state index in [0.717, 1.165) is 19.3 Å². The van der Waals surface area contributed by atoms with Crippen molar-refractivity contribution < 1.29 is 4.79 Å². The summed E-state index contributed by atoms with van der Waals surface area (Å²) in [6, 6.07) is 5.58. The first-order chi connectivity index (χ1) is 8.87. The van der Waals surface area contributed by atoms with Gasteiger partial charge in [0.25, 0.3) is 0 Å². The summed E-state index contributed by atoms with van der Waals surface area (Å²) in [5, 5.41) is 4.18. The zero-order chi connectivity index (χ0) is 14.0. The maximum atomic E-state index is 12.1. The summed E-state index contributed by atoms with van der Waals surface area (Å²) in [7, 11) is 0. The lowest BCUT2D eigenvalue weighted by atomic mass is 9.92. The molecule has 2 nitrogen and oxygen atoms in total. The number of carbonyl (C=O) groups excluding carboxylic acids is 1. The van der Waals surface area contributed by atoms with Gasteiger partial charge in [0, 0.05) is 16.1 Å². The summed E-state index contributed by atoms with van der Waals surface area (Å²) in [6.45, 7) is 4.48. The first kappa shape index (κ1) is 14.7. The summed E-state index contributed by atoms with van der Waals surface area (Å²) in [5.41, 5.74) is 1.04. The van der Waals surface area contributed by atoms with Gasteiger partial charge in [-0.25, -0.2) is 0 Å². The molecule has 19 heavy (non-hydrogen) atoms. The van der Waals surface area contributed by atoms with Crippen molar-refractivity contribution in [3.63, 3.8) is 0 Å². The summed E-state index contributed by atoms with van der Waals surface area (Å²) in [5.74, 6) is -0.00213. The second kappa shape index (κ2) is 5.72. The highest BCUT2D eigenvalue weighted by Crippen LogP contribution is 2.37. The molecule has 1 N–H and O–H groups in total. The quantitative estimate of drug-likeness (QED) is 0.889. The van der Waals surface area contributed by atoms with E-state index in [1.165, 1.54) is 0 Å². The summed E-state index contributed by atoms with van der Waals surface area (Å²) in [4.78, 5) is 12.1. The molecule has 0 saturated heterocycles. The van der Waals surface area contributed by atoms with Crippen LogP contribution in [0.3, 0.4) is 0 Å². The van der Waals surface area contributed by atoms with E-state index in [-0.39, 0.29) is 18.4 Å². The van der Waals surface area contributed by atoms with E-state index in [0.29, 0.717) is 21.0 Å². The van der Waals surface area contributed by atoms with E-state index in [4.69, 9.17) is 23.2 Å². The normalized spacial score (nSPS) is 21.4. The molecule has 1 aliphatic carbocycles. The highest BCUT2D eigenvalue weighted by molar-refractivity contribution is 6.36. The van der Waals surface area contributed by atoms with Gasteiger partial charge in [0.05, 0.1) is 6.42 Å². The molecule has 1 aliphatic rings. The maximum Gasteiger partial charge on any atom is 0.224 e. The smallest absolute Gasteiger partial charge is 0.224 e. The van der Waals surface area contributed by atoms with Crippen LogP contribution in [0.25, 0.3) is 0 Å². The van der Waals surface area contributed by atoms with Crippen molar-refractivity contribution in [3.8, 4) is 0 Å². The molecule has 1 saturated carbocycles. The van der Waals surface area contributed by atoms with Crippen molar-refractivity contribution in [1.29, 1.82) is 0 Å². The van der Waals surface area contributed by atoms with Gasteiger partial charge in [0.1, 0.15) is 0 Å². The zero-order valence-corrected chi connectivity index (χ0v) is 12.8. The van der Waals surface area contributed by atoms with Crippen molar-refractivity contribution >= 4 is 29.1 Å². The number of carbonyl (C=O) groups is 1. The van der Waals surface area contributed by atoms with Crippen LogP contribution in [0.4, 0.5) is 0 Å². The van der Waals surface area contributed by atoms with E-state index < -0.39 is 0 Å². The first-order valence-electron chi connectivity index (χ1n) is 6.60. The standard InChI is InChI=1S/C15H19Cl2NO/c1-15(2)7-6-10(9-15)18-14(19)8-11-12(16)4-3-5-13(11)17/h3-5,10H,6-9H2,1-2H3,(H,18,19). The molecule has 1 aromatic carbocycles. The molecule has 0 aromatic heterocycles. The van der Waals surface area contributed by atoms with Crippen LogP contribution in [0.15, 0.2) is 18.2 Å². The molecule has 1 unspecified atom stereocenters. The van der Waals surface area contributed by atoms with Gasteiger partial charge in [-0.3, -0.25) is 4.79 Å². The van der Waals surface area contributed by atoms with E-state index in [9.17, 15) is 4.79 Å². The van der Waals surface area contributed by atoms with E-state index in [1.54, 1.807) is 18.2 Å². The lowest BCUT2D eigenvalue weighted by Crippen LogP contribution is -2.34. The third-order valence-corrected chi connectivity index (χ3v) is 4.44. The molecule has 2 rings (SSSR count). The van der Waals surface area contributed by atoms with Crippen LogP contribution in [0.2, 0.25) is 10.0 Å². The molecular weight excluding hydrogens is 281 g/mol. The predicted octanol–water partition coefficient (Wildman–Crippen LogP) is 4.23. The van der Waals surface area contributed by atoms with Gasteiger partial charge < -0.3 is 5.32 Å². The SMILES string of the molecule is CC1(C)CCC(NC(=O)Cc2c(Cl)cccc2Cl)C1. The summed E-state index contributed by atoms with van der Waals surface area (Å²) < 4.78 is 0. The number of hydrogen-bond acceptors (Lipinski definition) is 1. The Hall–Kier alpha value is -0.730. The molecule has 1 aromatic rings. The van der Waals surface area contributed by atoms with Gasteiger partial charge in [-0.15, -0.1) is 0 Å². The van der Waals surface area contributed by atoms with Gasteiger partial charge in [0.15, 0.2) is 0 Å². The molecule has 0 bridgehead atoms. The molecule has 0 radical (unpaired) electrons. The third kappa shape index (κ3) is 3.87. The molecule has 0 spiro atoms. The number of benzene rings is 1. The van der Waals surface area contributed by atoms with Crippen molar-refractivity contribution in [2.24, 2.45) is 5.41 Å². The minimum Gasteiger partial charge on any atom is -0.353 e. The molecule has 0 heterocycles. The van der Waals surface area contributed by atoms with Crippen molar-refractivity contribution in [3.05, 3.63) is 33.8 Å². The summed E-state index contributed by atoms with van der Waals surface area (Å²) >= 11 is 12.1. The minimum absolute atomic E-state index is 0.00213. The Balaban J connectivity index is 1.95. The molecule has 4 heteroatoms. The Bertz CT molecular complexity index is 465. The van der Waals surface area contributed by atoms with Crippen LogP contribution in [-0.2, 0) is 11.2 Å². The Morgan fingerprint density at radius 1 is 1.37 bits per heavy atom. The first-order valence-corrected chi connectivity index (χ1v) is 7.35. The highest BCUT2D eigenvalue weighted by atomic mass is 35.5. The fourth-order valence-corrected chi connectivity index (χ4v) is 3.23. The van der Waals surface area contributed by atoms with Crippen LogP contribution in [-0.4, -0.2) is 11.9 Å². The number of hydrogen-bond donors (Lipinski definition) is 1. The van der Waals surface area contributed by atoms with Crippen LogP contribution < -0.4 is 5.32 Å². The zero-order valence-electron chi connectivity index (χ0n) is 11.3. The van der Waals surface area contributed by atoms with Crippen molar-refractivity contribution in [2.75, 3.05) is 0 Å². The van der Waals surface area contributed by atoms with Crippen molar-refractivity contribution in [2.45, 2.75) is 45.6 Å². The third-order valence-electron chi connectivity index (χ3n) is 3.73. The van der Waals surface area contributed by atoms with Gasteiger partial charge >= 0.3 is 0 Å². The number of nitrogens with one attached hydrogen (secondary N) is 1. The molecule has 1 fully saturated rings. The van der Waals surface area contributed by atoms with Crippen LogP contribution >= 0.6 is 23.2 Å². The molecular formula is C15H19Cl2NO. The largest absolute Gasteiger partial charge is 0.353 e. The fraction of sp³-hybridized carbons (Fsp3) is 0.533. The van der Waals surface area contributed by atoms with Gasteiger partial charge in [0.2, 0.25) is 5.91 Å². The predicted molar refractivity (Wildman–Crippen MR) is 79.7 cm³/mol. The summed E-state index contributed by atoms with van der Waals surface area (Å²) in [6.07, 6.45) is 3.49. The van der Waals surface area contributed by atoms with Crippen molar-refractivity contribution in [1.82, 2.24) is 5.32 Å². The lowest BCUT2D eigenvalue weighted by Gasteiger charge is -2.18. The molecule has 1 atom stereocenters. The van der Waals surface area contributed by atoms with E-state index in [1.807, 2.05) is 0 Å². The van der Waals surface area contributed by atoms with Gasteiger partial charge in [-0.1, -0.05) is 43.1 Å². The molecule has 1 amide bonds. The van der Waals surface area contributed by atoms with Crippen LogP contribution in [0, 0.1) is 5.41 Å². The second-order valence-corrected chi connectivity index (χ2v) is 6.86. The number of amides is 1. The van der Waals surface area contributed by atoms with E-state index >= 15 is 0 Å². The lowest BCUT2D eigenvalue weighted by molar-refractivity contribution is -0.121. The number of rotatable bonds is 3. The van der Waals surface area contributed by atoms with E-state index in [2.05, 4.69) is 19.2 Å². The Morgan fingerprint density at radius 3 is 2.53 bits per heavy atom. The maximum absolute atomic E-state index is 12.1. The Morgan fingerprint density at radius 2 is 2.00 bits per heavy atom. The second-order valence-electron chi connectivity index (χ2n) is 6.05. The van der Waals surface area contributed by atoms with Crippen LogP contribution in [0.1, 0.15) is 38.7 Å². The number of halogens is 2. The topological polar surface area (TPSA) is 29.1 Å². The van der Waals surface area contributed by atoms with Crippen LogP contribution in [0.5, 0.6) is 0 Å². The fourth-order valence-electron chi connectivity index (χ4n) is 2.70. The monoisotopic (exact) mass is 299 g/mol. The minimum atomic E-state index is -0.00213. The average molecular weight is 300 g/mol. The Labute approximate surface area is 124 Å².